The molecule has 4 heteroatoms. The molecule has 0 fully saturated rings. The van der Waals surface area contributed by atoms with Gasteiger partial charge in [0.2, 0.25) is 0 Å². The van der Waals surface area contributed by atoms with Crippen LogP contribution in [0.2, 0.25) is 0 Å². The quantitative estimate of drug-likeness (QED) is 0.733. The molecule has 21 heavy (non-hydrogen) atoms. The van der Waals surface area contributed by atoms with Gasteiger partial charge in [-0.2, -0.15) is 0 Å². The van der Waals surface area contributed by atoms with Crippen LogP contribution in [0.25, 0.3) is 0 Å². The first kappa shape index (κ1) is 15.9. The number of thioether (sulfide) groups is 1. The van der Waals surface area contributed by atoms with Gasteiger partial charge in [-0.05, 0) is 30.0 Å². The van der Waals surface area contributed by atoms with Crippen molar-refractivity contribution in [3.05, 3.63) is 60.2 Å². The zero-order valence-corrected chi connectivity index (χ0v) is 13.0. The van der Waals surface area contributed by atoms with Crippen LogP contribution >= 0.6 is 11.8 Å². The summed E-state index contributed by atoms with van der Waals surface area (Å²) in [6.45, 7) is 1.33. The van der Waals surface area contributed by atoms with Gasteiger partial charge in [0.05, 0.1) is 19.3 Å². The van der Waals surface area contributed by atoms with Crippen LogP contribution in [0.4, 0.5) is 5.69 Å². The second-order valence-corrected chi connectivity index (χ2v) is 5.65. The van der Waals surface area contributed by atoms with Crippen molar-refractivity contribution in [2.75, 3.05) is 24.7 Å². The Balaban J connectivity index is 1.68. The third-order valence-electron chi connectivity index (χ3n) is 3.03. The monoisotopic (exact) mass is 303 g/mol. The molecule has 1 atom stereocenters. The number of hydrogen-bond donors (Lipinski definition) is 2. The average molecular weight is 303 g/mol. The summed E-state index contributed by atoms with van der Waals surface area (Å²) >= 11 is 1.70. The first-order valence-electron chi connectivity index (χ1n) is 6.95. The third kappa shape index (κ3) is 5.79. The summed E-state index contributed by atoms with van der Waals surface area (Å²) < 4.78 is 5.52. The number of benzene rings is 2. The highest BCUT2D eigenvalue weighted by molar-refractivity contribution is 7.98. The van der Waals surface area contributed by atoms with E-state index in [1.165, 1.54) is 4.90 Å². The Bertz CT molecular complexity index is 533. The van der Waals surface area contributed by atoms with Crippen molar-refractivity contribution < 1.29 is 9.84 Å². The van der Waals surface area contributed by atoms with E-state index in [2.05, 4.69) is 17.4 Å². The van der Waals surface area contributed by atoms with Gasteiger partial charge in [-0.3, -0.25) is 0 Å². The number of ether oxygens (including phenoxy) is 1. The minimum atomic E-state index is -0.522. The molecule has 0 aliphatic heterocycles. The molecule has 0 radical (unpaired) electrons. The van der Waals surface area contributed by atoms with E-state index >= 15 is 0 Å². The summed E-state index contributed by atoms with van der Waals surface area (Å²) in [6.07, 6.45) is 1.53. The summed E-state index contributed by atoms with van der Waals surface area (Å²) in [7, 11) is 0. The van der Waals surface area contributed by atoms with Crippen LogP contribution < -0.4 is 5.32 Å². The van der Waals surface area contributed by atoms with E-state index in [1.54, 1.807) is 11.8 Å². The molecule has 112 valence electrons. The molecule has 0 amide bonds. The SMILES string of the molecule is CSc1cccc(NCC(O)COCc2ccccc2)c1. The number of aliphatic hydroxyl groups is 1. The molecule has 0 aliphatic rings. The van der Waals surface area contributed by atoms with Gasteiger partial charge in [0.15, 0.2) is 0 Å². The van der Waals surface area contributed by atoms with Gasteiger partial charge < -0.3 is 15.2 Å². The largest absolute Gasteiger partial charge is 0.389 e. The molecule has 1 unspecified atom stereocenters. The zero-order chi connectivity index (χ0) is 14.9. The zero-order valence-electron chi connectivity index (χ0n) is 12.2. The van der Waals surface area contributed by atoms with Crippen molar-refractivity contribution >= 4 is 17.4 Å². The molecule has 2 aromatic carbocycles. The number of hydrogen-bond acceptors (Lipinski definition) is 4. The lowest BCUT2D eigenvalue weighted by Crippen LogP contribution is -2.24. The Kier molecular flexibility index (Phi) is 6.60. The summed E-state index contributed by atoms with van der Waals surface area (Å²) in [5.74, 6) is 0. The maximum atomic E-state index is 9.92. The number of anilines is 1. The minimum Gasteiger partial charge on any atom is -0.389 e. The summed E-state index contributed by atoms with van der Waals surface area (Å²) in [5.41, 5.74) is 2.13. The lowest BCUT2D eigenvalue weighted by Gasteiger charge is -2.13. The lowest BCUT2D eigenvalue weighted by atomic mass is 10.2. The lowest BCUT2D eigenvalue weighted by molar-refractivity contribution is 0.0348. The van der Waals surface area contributed by atoms with Crippen molar-refractivity contribution in [1.82, 2.24) is 0 Å². The van der Waals surface area contributed by atoms with E-state index in [0.29, 0.717) is 19.8 Å². The predicted octanol–water partition coefficient (Wildman–Crippen LogP) is 3.40. The second-order valence-electron chi connectivity index (χ2n) is 4.77. The summed E-state index contributed by atoms with van der Waals surface area (Å²) in [5, 5.41) is 13.1. The van der Waals surface area contributed by atoms with Crippen LogP contribution in [0.3, 0.4) is 0 Å². The minimum absolute atomic E-state index is 0.324. The number of rotatable bonds is 8. The fraction of sp³-hybridized carbons (Fsp3) is 0.294. The molecule has 0 aromatic heterocycles. The van der Waals surface area contributed by atoms with Crippen molar-refractivity contribution in [3.63, 3.8) is 0 Å². The van der Waals surface area contributed by atoms with E-state index in [0.717, 1.165) is 11.3 Å². The van der Waals surface area contributed by atoms with Gasteiger partial charge in [0, 0.05) is 17.1 Å². The first-order valence-corrected chi connectivity index (χ1v) is 8.18. The standard InChI is InChI=1S/C17H21NO2S/c1-21-17-9-5-8-15(10-17)18-11-16(19)13-20-12-14-6-3-2-4-7-14/h2-10,16,18-19H,11-13H2,1H3. The van der Waals surface area contributed by atoms with Crippen LogP contribution in [0.15, 0.2) is 59.5 Å². The van der Waals surface area contributed by atoms with Crippen LogP contribution in [0, 0.1) is 0 Å². The van der Waals surface area contributed by atoms with Crippen LogP contribution in [0.5, 0.6) is 0 Å². The normalized spacial score (nSPS) is 12.1. The third-order valence-corrected chi connectivity index (χ3v) is 3.76. The maximum absolute atomic E-state index is 9.92. The van der Waals surface area contributed by atoms with E-state index in [4.69, 9.17) is 4.74 Å². The fourth-order valence-electron chi connectivity index (χ4n) is 1.91. The van der Waals surface area contributed by atoms with Gasteiger partial charge in [0.25, 0.3) is 0 Å². The smallest absolute Gasteiger partial charge is 0.0945 e. The highest BCUT2D eigenvalue weighted by Crippen LogP contribution is 2.18. The molecular weight excluding hydrogens is 282 g/mol. The highest BCUT2D eigenvalue weighted by Gasteiger charge is 2.04. The molecule has 0 aliphatic carbocycles. The van der Waals surface area contributed by atoms with E-state index in [-0.39, 0.29) is 0 Å². The molecule has 0 bridgehead atoms. The predicted molar refractivity (Wildman–Crippen MR) is 88.8 cm³/mol. The Morgan fingerprint density at radius 1 is 1.14 bits per heavy atom. The number of nitrogens with one attached hydrogen (secondary N) is 1. The second kappa shape index (κ2) is 8.72. The fourth-order valence-corrected chi connectivity index (χ4v) is 2.37. The molecule has 0 saturated carbocycles. The van der Waals surface area contributed by atoms with Gasteiger partial charge in [0.1, 0.15) is 0 Å². The maximum Gasteiger partial charge on any atom is 0.0945 e. The Morgan fingerprint density at radius 2 is 1.95 bits per heavy atom. The molecule has 2 N–H and O–H groups in total. The van der Waals surface area contributed by atoms with E-state index < -0.39 is 6.10 Å². The molecular formula is C17H21NO2S. The Morgan fingerprint density at radius 3 is 2.71 bits per heavy atom. The average Bonchev–Trinajstić information content (AvgIpc) is 2.54. The molecule has 0 saturated heterocycles. The molecule has 0 spiro atoms. The van der Waals surface area contributed by atoms with E-state index in [1.807, 2.05) is 48.7 Å². The van der Waals surface area contributed by atoms with Crippen molar-refractivity contribution in [1.29, 1.82) is 0 Å². The summed E-state index contributed by atoms with van der Waals surface area (Å²) in [4.78, 5) is 1.20. The highest BCUT2D eigenvalue weighted by atomic mass is 32.2. The summed E-state index contributed by atoms with van der Waals surface area (Å²) in [6, 6.07) is 18.1. The molecule has 3 nitrogen and oxygen atoms in total. The van der Waals surface area contributed by atoms with Crippen molar-refractivity contribution in [2.24, 2.45) is 0 Å². The van der Waals surface area contributed by atoms with Gasteiger partial charge in [-0.15, -0.1) is 11.8 Å². The van der Waals surface area contributed by atoms with Gasteiger partial charge >= 0.3 is 0 Å². The van der Waals surface area contributed by atoms with Gasteiger partial charge in [-0.25, -0.2) is 0 Å². The molecule has 2 rings (SSSR count). The van der Waals surface area contributed by atoms with Crippen molar-refractivity contribution in [3.8, 4) is 0 Å². The first-order chi connectivity index (χ1) is 10.3. The van der Waals surface area contributed by atoms with Crippen molar-refractivity contribution in [2.45, 2.75) is 17.6 Å². The topological polar surface area (TPSA) is 41.5 Å². The Hall–Kier alpha value is -1.49. The van der Waals surface area contributed by atoms with Gasteiger partial charge in [-0.1, -0.05) is 36.4 Å². The van der Waals surface area contributed by atoms with Crippen LogP contribution in [0.1, 0.15) is 5.56 Å². The number of aliphatic hydroxyl groups excluding tert-OH is 1. The molecule has 2 aromatic rings. The van der Waals surface area contributed by atoms with Crippen LogP contribution in [-0.4, -0.2) is 30.6 Å². The Labute approximate surface area is 130 Å². The molecule has 0 heterocycles. The van der Waals surface area contributed by atoms with Crippen LogP contribution in [-0.2, 0) is 11.3 Å². The van der Waals surface area contributed by atoms with E-state index in [9.17, 15) is 5.11 Å².